The van der Waals surface area contributed by atoms with Crippen molar-refractivity contribution in [1.29, 1.82) is 0 Å². The first-order valence-electron chi connectivity index (χ1n) is 39.8. The number of nitrogens with two attached hydrogens (primary N) is 1. The van der Waals surface area contributed by atoms with E-state index in [9.17, 15) is 19.0 Å². The molecule has 0 saturated carbocycles. The number of ether oxygens (including phenoxy) is 2. The van der Waals surface area contributed by atoms with Crippen LogP contribution in [0.5, 0.6) is 0 Å². The summed E-state index contributed by atoms with van der Waals surface area (Å²) in [4.78, 5) is 35.5. The van der Waals surface area contributed by atoms with Crippen LogP contribution < -0.4 is 5.73 Å². The minimum Gasteiger partial charge on any atom is -0.462 e. The van der Waals surface area contributed by atoms with E-state index in [2.05, 4.69) is 74.6 Å². The fourth-order valence-corrected chi connectivity index (χ4v) is 12.7. The van der Waals surface area contributed by atoms with Gasteiger partial charge in [-0.05, 0) is 83.5 Å². The lowest BCUT2D eigenvalue weighted by Gasteiger charge is -2.19. The fraction of sp³-hybridized carbons (Fsp3) is 0.852. The van der Waals surface area contributed by atoms with Crippen LogP contribution in [0.1, 0.15) is 412 Å². The van der Waals surface area contributed by atoms with Gasteiger partial charge in [-0.25, -0.2) is 4.57 Å². The Morgan fingerprint density at radius 1 is 0.330 bits per heavy atom. The largest absolute Gasteiger partial charge is 0.472 e. The average Bonchev–Trinajstić information content (AvgIpc) is 3.74. The lowest BCUT2D eigenvalue weighted by molar-refractivity contribution is -0.161. The molecule has 0 radical (unpaired) electrons. The van der Waals surface area contributed by atoms with Crippen LogP contribution in [0.2, 0.25) is 0 Å². The van der Waals surface area contributed by atoms with Gasteiger partial charge < -0.3 is 20.1 Å². The Morgan fingerprint density at radius 3 is 0.846 bits per heavy atom. The van der Waals surface area contributed by atoms with E-state index in [4.69, 9.17) is 24.3 Å². The Labute approximate surface area is 565 Å². The molecular weight excluding hydrogens is 1150 g/mol. The monoisotopic (exact) mass is 1300 g/mol. The maximum atomic E-state index is 12.8. The normalized spacial score (nSPS) is 13.1. The minimum atomic E-state index is -4.39. The maximum Gasteiger partial charge on any atom is 0.472 e. The molecule has 0 spiro atoms. The van der Waals surface area contributed by atoms with Crippen LogP contribution in [0.4, 0.5) is 0 Å². The topological polar surface area (TPSA) is 134 Å². The number of allylic oxidation sites excluding steroid dienone is 10. The lowest BCUT2D eigenvalue weighted by atomic mass is 10.0. The summed E-state index contributed by atoms with van der Waals surface area (Å²) in [6.45, 7) is 3.79. The summed E-state index contributed by atoms with van der Waals surface area (Å²) in [5.41, 5.74) is 5.42. The van der Waals surface area contributed by atoms with E-state index in [1.165, 1.54) is 327 Å². The number of carbonyl (C=O) groups excluding carboxylic acids is 2. The van der Waals surface area contributed by atoms with Gasteiger partial charge in [0.2, 0.25) is 0 Å². The van der Waals surface area contributed by atoms with Crippen LogP contribution in [0, 0.1) is 0 Å². The summed E-state index contributed by atoms with van der Waals surface area (Å²) in [6.07, 6.45) is 101. The highest BCUT2D eigenvalue weighted by Gasteiger charge is 2.26. The van der Waals surface area contributed by atoms with Gasteiger partial charge in [-0.1, -0.05) is 376 Å². The molecule has 0 aliphatic rings. The third-order valence-electron chi connectivity index (χ3n) is 17.9. The van der Waals surface area contributed by atoms with Gasteiger partial charge in [-0.2, -0.15) is 0 Å². The van der Waals surface area contributed by atoms with Crippen LogP contribution in [0.3, 0.4) is 0 Å². The molecule has 0 fully saturated rings. The number of phosphoric ester groups is 1. The van der Waals surface area contributed by atoms with Gasteiger partial charge in [0, 0.05) is 19.4 Å². The SMILES string of the molecule is CCCCCCC/C=C\C/C=C\C/C=C\CCCCCCCCCCCCCCCCCCCCCCCCC(=O)OC(COC(=O)CCCCCCCCCCCCCCCCCCCCCCC/C=C\C/C=C\CCCCCCC)COP(=O)(O)OCCN. The van der Waals surface area contributed by atoms with Crippen molar-refractivity contribution in [3.63, 3.8) is 0 Å². The highest BCUT2D eigenvalue weighted by molar-refractivity contribution is 7.47. The van der Waals surface area contributed by atoms with Gasteiger partial charge in [0.15, 0.2) is 6.10 Å². The summed E-state index contributed by atoms with van der Waals surface area (Å²) in [6, 6.07) is 0. The molecule has 2 atom stereocenters. The number of esters is 2. The number of unbranched alkanes of at least 4 members (excludes halogenated alkanes) is 53. The zero-order chi connectivity index (χ0) is 65.8. The highest BCUT2D eigenvalue weighted by atomic mass is 31.2. The molecule has 2 unspecified atom stereocenters. The van der Waals surface area contributed by atoms with Crippen molar-refractivity contribution < 1.29 is 37.6 Å². The second-order valence-electron chi connectivity index (χ2n) is 26.9. The molecule has 3 N–H and O–H groups in total. The average molecular weight is 1300 g/mol. The van der Waals surface area contributed by atoms with E-state index in [-0.39, 0.29) is 38.6 Å². The first-order chi connectivity index (χ1) is 44.8. The Morgan fingerprint density at radius 2 is 0.571 bits per heavy atom. The molecule has 0 rings (SSSR count). The van der Waals surface area contributed by atoms with E-state index >= 15 is 0 Å². The quantitative estimate of drug-likeness (QED) is 0.0264. The van der Waals surface area contributed by atoms with Gasteiger partial charge in [0.1, 0.15) is 6.61 Å². The van der Waals surface area contributed by atoms with E-state index < -0.39 is 26.5 Å². The van der Waals surface area contributed by atoms with Crippen molar-refractivity contribution >= 4 is 19.8 Å². The molecule has 0 aliphatic carbocycles. The molecule has 0 aromatic rings. The first-order valence-corrected chi connectivity index (χ1v) is 41.3. The van der Waals surface area contributed by atoms with Gasteiger partial charge in [0.25, 0.3) is 0 Å². The van der Waals surface area contributed by atoms with Crippen molar-refractivity contribution in [3.05, 3.63) is 60.8 Å². The predicted molar refractivity (Wildman–Crippen MR) is 395 cm³/mol. The van der Waals surface area contributed by atoms with Crippen LogP contribution >= 0.6 is 7.82 Å². The first kappa shape index (κ1) is 88.7. The van der Waals surface area contributed by atoms with Crippen LogP contribution in [-0.4, -0.2) is 49.3 Å². The third-order valence-corrected chi connectivity index (χ3v) is 18.9. The van der Waals surface area contributed by atoms with E-state index in [0.29, 0.717) is 6.42 Å². The molecule has 534 valence electrons. The van der Waals surface area contributed by atoms with Gasteiger partial charge >= 0.3 is 19.8 Å². The van der Waals surface area contributed by atoms with E-state index in [1.54, 1.807) is 0 Å². The molecule has 0 heterocycles. The molecule has 0 bridgehead atoms. The number of rotatable bonds is 76. The fourth-order valence-electron chi connectivity index (χ4n) is 12.0. The van der Waals surface area contributed by atoms with Crippen molar-refractivity contribution in [1.82, 2.24) is 0 Å². The van der Waals surface area contributed by atoms with Crippen LogP contribution in [0.25, 0.3) is 0 Å². The summed E-state index contributed by atoms with van der Waals surface area (Å²) < 4.78 is 33.3. The third kappa shape index (κ3) is 76.6. The second-order valence-corrected chi connectivity index (χ2v) is 28.4. The highest BCUT2D eigenvalue weighted by Crippen LogP contribution is 2.43. The summed E-state index contributed by atoms with van der Waals surface area (Å²) in [7, 11) is -4.39. The summed E-state index contributed by atoms with van der Waals surface area (Å²) >= 11 is 0. The molecule has 0 aliphatic heterocycles. The molecule has 0 aromatic heterocycles. The van der Waals surface area contributed by atoms with Gasteiger partial charge in [-0.15, -0.1) is 0 Å². The van der Waals surface area contributed by atoms with Gasteiger partial charge in [0.05, 0.1) is 13.2 Å². The van der Waals surface area contributed by atoms with Crippen LogP contribution in [0.15, 0.2) is 60.8 Å². The van der Waals surface area contributed by atoms with Crippen molar-refractivity contribution in [2.24, 2.45) is 5.73 Å². The molecule has 9 nitrogen and oxygen atoms in total. The summed E-state index contributed by atoms with van der Waals surface area (Å²) in [5, 5.41) is 0. The smallest absolute Gasteiger partial charge is 0.462 e. The Hall–Kier alpha value is -2.29. The standard InChI is InChI=1S/C81H152NO8P/c1-3-5-7-9-11-13-15-17-19-21-23-25-27-29-31-33-35-37-38-39-40-42-44-46-48-50-52-54-56-58-60-62-64-66-68-70-72-74-81(84)90-79(78-89-91(85,86)88-76-75-82)77-87-80(83)73-71-69-67-65-63-61-59-57-55-53-51-49-47-45-43-41-36-34-32-30-28-26-24-22-20-18-16-14-12-10-8-6-4-2/h15-18,21-24,27,29,79H,3-14,19-20,25-26,28,30-78,82H2,1-2H3,(H,85,86)/b17-15-,18-16-,23-21-,24-22-,29-27-. The molecule has 10 heteroatoms. The zero-order valence-corrected chi connectivity index (χ0v) is 61.2. The summed E-state index contributed by atoms with van der Waals surface area (Å²) in [5.74, 6) is -0.804. The molecule has 0 aromatic carbocycles. The predicted octanol–water partition coefficient (Wildman–Crippen LogP) is 26.5. The minimum absolute atomic E-state index is 0.0553. The molecular formula is C81H152NO8P. The number of phosphoric acid groups is 1. The number of hydrogen-bond donors (Lipinski definition) is 2. The van der Waals surface area contributed by atoms with E-state index in [1.807, 2.05) is 0 Å². The van der Waals surface area contributed by atoms with Gasteiger partial charge in [-0.3, -0.25) is 18.6 Å². The number of carbonyl (C=O) groups is 2. The number of hydrogen-bond acceptors (Lipinski definition) is 8. The Balaban J connectivity index is 3.77. The van der Waals surface area contributed by atoms with Crippen molar-refractivity contribution in [2.75, 3.05) is 26.4 Å². The Bertz CT molecular complexity index is 1680. The van der Waals surface area contributed by atoms with E-state index in [0.717, 1.165) is 51.4 Å². The maximum absolute atomic E-state index is 12.8. The zero-order valence-electron chi connectivity index (χ0n) is 60.3. The Kier molecular flexibility index (Phi) is 74.8. The lowest BCUT2D eigenvalue weighted by Crippen LogP contribution is -2.29. The molecule has 91 heavy (non-hydrogen) atoms. The van der Waals surface area contributed by atoms with Crippen molar-refractivity contribution in [2.45, 2.75) is 418 Å². The van der Waals surface area contributed by atoms with Crippen LogP contribution in [-0.2, 0) is 32.7 Å². The molecule has 0 amide bonds. The van der Waals surface area contributed by atoms with Crippen molar-refractivity contribution in [3.8, 4) is 0 Å². The molecule has 0 saturated heterocycles. The second kappa shape index (κ2) is 76.7.